The zero-order valence-electron chi connectivity index (χ0n) is 17.5. The number of rotatable bonds is 5. The second-order valence-electron chi connectivity index (χ2n) is 7.43. The summed E-state index contributed by atoms with van der Waals surface area (Å²) in [7, 11) is 0. The summed E-state index contributed by atoms with van der Waals surface area (Å²) < 4.78 is 43.2. The van der Waals surface area contributed by atoms with E-state index in [0.29, 0.717) is 25.1 Å². The van der Waals surface area contributed by atoms with Gasteiger partial charge in [-0.25, -0.2) is 4.79 Å². The van der Waals surface area contributed by atoms with Gasteiger partial charge in [-0.05, 0) is 43.2 Å². The summed E-state index contributed by atoms with van der Waals surface area (Å²) in [6.45, 7) is 0.0958. The molecule has 0 spiro atoms. The number of alkyl halides is 3. The first-order chi connectivity index (χ1) is 15.7. The number of amides is 4. The summed E-state index contributed by atoms with van der Waals surface area (Å²) in [4.78, 5) is 38.3. The van der Waals surface area contributed by atoms with E-state index in [-0.39, 0.29) is 18.3 Å². The number of hydrogen-bond donors (Lipinski definition) is 3. The van der Waals surface area contributed by atoms with Gasteiger partial charge in [-0.1, -0.05) is 24.3 Å². The second-order valence-corrected chi connectivity index (χ2v) is 7.43. The highest BCUT2D eigenvalue weighted by Crippen LogP contribution is 2.31. The number of nitrogens with one attached hydrogen (secondary N) is 3. The van der Waals surface area contributed by atoms with Crippen LogP contribution in [0, 0.1) is 5.92 Å². The molecule has 2 aromatic rings. The number of hydrogen-bond acceptors (Lipinski definition) is 4. The van der Waals surface area contributed by atoms with Crippen LogP contribution in [-0.4, -0.2) is 42.4 Å². The lowest BCUT2D eigenvalue weighted by Crippen LogP contribution is -2.51. The van der Waals surface area contributed by atoms with Crippen LogP contribution in [0.3, 0.4) is 0 Å². The zero-order chi connectivity index (χ0) is 23.8. The standard InChI is InChI=1S/C22H23F3N4O4/c23-22(24,25)16-7-4-10-18(12-16)33-14-19(30)27-28-20(31)15-6-5-11-29(13-15)21(32)26-17-8-2-1-3-9-17/h1-4,7-10,12,15H,5-6,11,13-14H2,(H,26,32)(H,27,30)(H,28,31). The maximum absolute atomic E-state index is 12.7. The normalized spacial score (nSPS) is 16.0. The number of piperidine rings is 1. The Kier molecular flexibility index (Phi) is 7.75. The van der Waals surface area contributed by atoms with Crippen LogP contribution in [0.25, 0.3) is 0 Å². The minimum absolute atomic E-state index is 0.126. The van der Waals surface area contributed by atoms with Gasteiger partial charge in [0.05, 0.1) is 11.5 Å². The molecule has 1 saturated heterocycles. The lowest BCUT2D eigenvalue weighted by molar-refractivity contribution is -0.137. The topological polar surface area (TPSA) is 99.8 Å². The predicted octanol–water partition coefficient (Wildman–Crippen LogP) is 3.18. The Morgan fingerprint density at radius 3 is 2.52 bits per heavy atom. The number of hydrazine groups is 1. The van der Waals surface area contributed by atoms with E-state index < -0.39 is 36.1 Å². The van der Waals surface area contributed by atoms with Gasteiger partial charge in [0.25, 0.3) is 5.91 Å². The van der Waals surface area contributed by atoms with Crippen LogP contribution in [-0.2, 0) is 15.8 Å². The highest BCUT2D eigenvalue weighted by molar-refractivity contribution is 5.90. The summed E-state index contributed by atoms with van der Waals surface area (Å²) in [6.07, 6.45) is -3.37. The number of halogens is 3. The van der Waals surface area contributed by atoms with Gasteiger partial charge in [-0.15, -0.1) is 0 Å². The Bertz CT molecular complexity index is 985. The SMILES string of the molecule is O=C(COc1cccc(C(F)(F)F)c1)NNC(=O)C1CCCN(C(=O)Nc2ccccc2)C1. The van der Waals surface area contributed by atoms with Crippen molar-refractivity contribution in [3.63, 3.8) is 0 Å². The van der Waals surface area contributed by atoms with E-state index in [1.54, 1.807) is 24.3 Å². The first kappa shape index (κ1) is 23.9. The smallest absolute Gasteiger partial charge is 0.416 e. The van der Waals surface area contributed by atoms with Gasteiger partial charge in [-0.3, -0.25) is 20.4 Å². The molecule has 1 aliphatic heterocycles. The van der Waals surface area contributed by atoms with Crippen LogP contribution in [0.4, 0.5) is 23.7 Å². The van der Waals surface area contributed by atoms with Gasteiger partial charge in [0, 0.05) is 18.8 Å². The average Bonchev–Trinajstić information content (AvgIpc) is 2.81. The summed E-state index contributed by atoms with van der Waals surface area (Å²) in [5.74, 6) is -1.86. The van der Waals surface area contributed by atoms with Crippen molar-refractivity contribution in [2.24, 2.45) is 5.92 Å². The lowest BCUT2D eigenvalue weighted by atomic mass is 9.98. The lowest BCUT2D eigenvalue weighted by Gasteiger charge is -2.32. The summed E-state index contributed by atoms with van der Waals surface area (Å²) in [6, 6.07) is 12.7. The van der Waals surface area contributed by atoms with Gasteiger partial charge < -0.3 is 15.0 Å². The van der Waals surface area contributed by atoms with Gasteiger partial charge in [0.2, 0.25) is 5.91 Å². The molecular weight excluding hydrogens is 441 g/mol. The van der Waals surface area contributed by atoms with Crippen molar-refractivity contribution < 1.29 is 32.3 Å². The summed E-state index contributed by atoms with van der Waals surface area (Å²) in [5, 5.41) is 2.77. The third-order valence-electron chi connectivity index (χ3n) is 4.96. The number of likely N-dealkylation sites (tertiary alicyclic amines) is 1. The number of para-hydroxylation sites is 1. The molecule has 1 aliphatic rings. The van der Waals surface area contributed by atoms with Gasteiger partial charge in [0.15, 0.2) is 6.61 Å². The molecule has 0 aromatic heterocycles. The molecule has 33 heavy (non-hydrogen) atoms. The van der Waals surface area contributed by atoms with Crippen molar-refractivity contribution in [3.05, 3.63) is 60.2 Å². The van der Waals surface area contributed by atoms with Crippen LogP contribution >= 0.6 is 0 Å². The number of carbonyl (C=O) groups excluding carboxylic acids is 3. The first-order valence-corrected chi connectivity index (χ1v) is 10.2. The molecule has 1 unspecified atom stereocenters. The van der Waals surface area contributed by atoms with E-state index in [1.165, 1.54) is 17.0 Å². The van der Waals surface area contributed by atoms with Crippen molar-refractivity contribution in [2.45, 2.75) is 19.0 Å². The van der Waals surface area contributed by atoms with Crippen LogP contribution < -0.4 is 20.9 Å². The van der Waals surface area contributed by atoms with Crippen LogP contribution in [0.15, 0.2) is 54.6 Å². The van der Waals surface area contributed by atoms with E-state index in [0.717, 1.165) is 12.1 Å². The predicted molar refractivity (Wildman–Crippen MR) is 113 cm³/mol. The highest BCUT2D eigenvalue weighted by Gasteiger charge is 2.31. The highest BCUT2D eigenvalue weighted by atomic mass is 19.4. The Morgan fingerprint density at radius 1 is 1.03 bits per heavy atom. The molecule has 0 saturated carbocycles. The third kappa shape index (κ3) is 7.13. The van der Waals surface area contributed by atoms with Gasteiger partial charge in [0.1, 0.15) is 5.75 Å². The maximum atomic E-state index is 12.7. The van der Waals surface area contributed by atoms with Crippen molar-refractivity contribution >= 4 is 23.5 Å². The Morgan fingerprint density at radius 2 is 1.79 bits per heavy atom. The number of benzene rings is 2. The Hall–Kier alpha value is -3.76. The first-order valence-electron chi connectivity index (χ1n) is 10.2. The molecule has 3 rings (SSSR count). The van der Waals surface area contributed by atoms with Crippen LogP contribution in [0.2, 0.25) is 0 Å². The molecule has 4 amide bonds. The van der Waals surface area contributed by atoms with Crippen molar-refractivity contribution in [2.75, 3.05) is 25.0 Å². The summed E-state index contributed by atoms with van der Waals surface area (Å²) >= 11 is 0. The number of anilines is 1. The third-order valence-corrected chi connectivity index (χ3v) is 4.96. The molecule has 1 fully saturated rings. The van der Waals surface area contributed by atoms with Crippen molar-refractivity contribution in [3.8, 4) is 5.75 Å². The molecule has 0 bridgehead atoms. The summed E-state index contributed by atoms with van der Waals surface area (Å²) in [5.41, 5.74) is 4.19. The Labute approximate surface area is 188 Å². The molecule has 0 aliphatic carbocycles. The van der Waals surface area contributed by atoms with Gasteiger partial charge >= 0.3 is 12.2 Å². The van der Waals surface area contributed by atoms with E-state index >= 15 is 0 Å². The molecular formula is C22H23F3N4O4. The molecule has 1 atom stereocenters. The van der Waals surface area contributed by atoms with Gasteiger partial charge in [-0.2, -0.15) is 13.2 Å². The molecule has 0 radical (unpaired) electrons. The van der Waals surface area contributed by atoms with E-state index in [2.05, 4.69) is 16.2 Å². The van der Waals surface area contributed by atoms with Crippen molar-refractivity contribution in [1.29, 1.82) is 0 Å². The number of nitrogens with zero attached hydrogens (tertiary/aromatic N) is 1. The molecule has 11 heteroatoms. The molecule has 8 nitrogen and oxygen atoms in total. The monoisotopic (exact) mass is 464 g/mol. The average molecular weight is 464 g/mol. The Balaban J connectivity index is 1.43. The van der Waals surface area contributed by atoms with Crippen LogP contribution in [0.1, 0.15) is 18.4 Å². The minimum Gasteiger partial charge on any atom is -0.484 e. The quantitative estimate of drug-likeness (QED) is 0.592. The van der Waals surface area contributed by atoms with E-state index in [4.69, 9.17) is 4.74 Å². The fourth-order valence-electron chi connectivity index (χ4n) is 3.28. The number of carbonyl (C=O) groups is 3. The largest absolute Gasteiger partial charge is 0.484 e. The maximum Gasteiger partial charge on any atom is 0.416 e. The molecule has 176 valence electrons. The number of ether oxygens (including phenoxy) is 1. The van der Waals surface area contributed by atoms with Crippen LogP contribution in [0.5, 0.6) is 5.75 Å². The molecule has 1 heterocycles. The van der Waals surface area contributed by atoms with E-state index in [9.17, 15) is 27.6 Å². The fourth-order valence-corrected chi connectivity index (χ4v) is 3.28. The molecule has 2 aromatic carbocycles. The van der Waals surface area contributed by atoms with E-state index in [1.807, 2.05) is 6.07 Å². The molecule has 3 N–H and O–H groups in total. The fraction of sp³-hybridized carbons (Fsp3) is 0.318. The minimum atomic E-state index is -4.53. The second kappa shape index (κ2) is 10.7. The zero-order valence-corrected chi connectivity index (χ0v) is 17.5. The number of urea groups is 1. The van der Waals surface area contributed by atoms with Crippen molar-refractivity contribution in [1.82, 2.24) is 15.8 Å².